The van der Waals surface area contributed by atoms with Crippen LogP contribution in [0.3, 0.4) is 0 Å². The van der Waals surface area contributed by atoms with Crippen LogP contribution >= 0.6 is 0 Å². The third-order valence-electron chi connectivity index (χ3n) is 11.0. The molecule has 5 heteroatoms. The number of carbonyl (C=O) groups excluding carboxylic acids is 2. The molecule has 5 nitrogen and oxygen atoms in total. The van der Waals surface area contributed by atoms with Crippen molar-refractivity contribution in [2.45, 2.75) is 258 Å². The zero-order valence-electron chi connectivity index (χ0n) is 40.0. The number of ether oxygens (including phenoxy) is 3. The number of rotatable bonds is 47. The number of allylic oxidation sites excluding steroid dienone is 10. The summed E-state index contributed by atoms with van der Waals surface area (Å²) in [5, 5.41) is 0. The molecule has 0 aliphatic rings. The van der Waals surface area contributed by atoms with Crippen LogP contribution in [0.2, 0.25) is 0 Å². The quantitative estimate of drug-likeness (QED) is 0.0347. The Balaban J connectivity index is 4.26. The van der Waals surface area contributed by atoms with Crippen LogP contribution in [0, 0.1) is 0 Å². The van der Waals surface area contributed by atoms with E-state index in [4.69, 9.17) is 14.2 Å². The predicted molar refractivity (Wildman–Crippen MR) is 261 cm³/mol. The second-order valence-electron chi connectivity index (χ2n) is 17.0. The third-order valence-corrected chi connectivity index (χ3v) is 11.0. The largest absolute Gasteiger partial charge is 0.462 e. The van der Waals surface area contributed by atoms with Crippen LogP contribution in [0.4, 0.5) is 0 Å². The summed E-state index contributed by atoms with van der Waals surface area (Å²) in [5.41, 5.74) is 0. The van der Waals surface area contributed by atoms with Gasteiger partial charge in [-0.05, 0) is 83.5 Å². The van der Waals surface area contributed by atoms with Crippen molar-refractivity contribution in [3.8, 4) is 0 Å². The number of carbonyl (C=O) groups is 2. The summed E-state index contributed by atoms with van der Waals surface area (Å²) >= 11 is 0. The predicted octanol–water partition coefficient (Wildman–Crippen LogP) is 17.3. The Morgan fingerprint density at radius 1 is 0.383 bits per heavy atom. The van der Waals surface area contributed by atoms with E-state index >= 15 is 0 Å². The topological polar surface area (TPSA) is 61.8 Å². The van der Waals surface area contributed by atoms with Crippen molar-refractivity contribution < 1.29 is 23.8 Å². The van der Waals surface area contributed by atoms with Crippen molar-refractivity contribution in [1.82, 2.24) is 0 Å². The third kappa shape index (κ3) is 48.3. The van der Waals surface area contributed by atoms with Crippen molar-refractivity contribution in [3.63, 3.8) is 0 Å². The zero-order valence-corrected chi connectivity index (χ0v) is 40.0. The molecule has 0 aliphatic heterocycles. The van der Waals surface area contributed by atoms with Gasteiger partial charge in [-0.3, -0.25) is 9.59 Å². The molecule has 0 saturated carbocycles. The van der Waals surface area contributed by atoms with E-state index in [9.17, 15) is 9.59 Å². The number of hydrogen-bond acceptors (Lipinski definition) is 5. The van der Waals surface area contributed by atoms with E-state index in [0.717, 1.165) is 89.9 Å². The monoisotopic (exact) mass is 839 g/mol. The van der Waals surface area contributed by atoms with Crippen LogP contribution in [-0.4, -0.2) is 37.9 Å². The van der Waals surface area contributed by atoms with Gasteiger partial charge in [0.05, 0.1) is 6.61 Å². The number of esters is 2. The molecule has 0 amide bonds. The summed E-state index contributed by atoms with van der Waals surface area (Å²) in [7, 11) is 0. The molecule has 0 radical (unpaired) electrons. The average molecular weight is 839 g/mol. The van der Waals surface area contributed by atoms with Crippen LogP contribution in [0.5, 0.6) is 0 Å². The first-order chi connectivity index (χ1) is 29.6. The normalized spacial score (nSPS) is 12.7. The van der Waals surface area contributed by atoms with Gasteiger partial charge in [-0.15, -0.1) is 0 Å². The van der Waals surface area contributed by atoms with Crippen LogP contribution < -0.4 is 0 Å². The van der Waals surface area contributed by atoms with Crippen molar-refractivity contribution >= 4 is 11.9 Å². The second kappa shape index (κ2) is 51.0. The van der Waals surface area contributed by atoms with Crippen molar-refractivity contribution in [3.05, 3.63) is 60.8 Å². The van der Waals surface area contributed by atoms with Gasteiger partial charge in [-0.25, -0.2) is 0 Å². The lowest BCUT2D eigenvalue weighted by molar-refractivity contribution is -0.163. The summed E-state index contributed by atoms with van der Waals surface area (Å²) in [4.78, 5) is 25.4. The molecular weight excluding hydrogens is 741 g/mol. The Morgan fingerprint density at radius 2 is 0.750 bits per heavy atom. The number of unbranched alkanes of at least 4 members (excludes halogenated alkanes) is 26. The lowest BCUT2D eigenvalue weighted by Crippen LogP contribution is -2.30. The van der Waals surface area contributed by atoms with Gasteiger partial charge in [0.15, 0.2) is 6.10 Å². The van der Waals surface area contributed by atoms with Gasteiger partial charge in [-0.1, -0.05) is 216 Å². The first-order valence-electron chi connectivity index (χ1n) is 25.8. The molecule has 1 atom stereocenters. The summed E-state index contributed by atoms with van der Waals surface area (Å²) in [6.07, 6.45) is 63.6. The highest BCUT2D eigenvalue weighted by atomic mass is 16.6. The van der Waals surface area contributed by atoms with Crippen LogP contribution in [0.15, 0.2) is 60.8 Å². The summed E-state index contributed by atoms with van der Waals surface area (Å²) in [6.45, 7) is 7.70. The average Bonchev–Trinajstić information content (AvgIpc) is 3.25. The van der Waals surface area contributed by atoms with Crippen molar-refractivity contribution in [2.75, 3.05) is 19.8 Å². The molecule has 0 N–H and O–H groups in total. The van der Waals surface area contributed by atoms with Crippen LogP contribution in [-0.2, 0) is 23.8 Å². The Morgan fingerprint density at radius 3 is 1.23 bits per heavy atom. The minimum Gasteiger partial charge on any atom is -0.462 e. The lowest BCUT2D eigenvalue weighted by atomic mass is 10.1. The van der Waals surface area contributed by atoms with Gasteiger partial charge in [0.1, 0.15) is 6.61 Å². The van der Waals surface area contributed by atoms with Gasteiger partial charge in [0.2, 0.25) is 0 Å². The molecular formula is C55H98O5. The molecule has 60 heavy (non-hydrogen) atoms. The van der Waals surface area contributed by atoms with E-state index in [1.165, 1.54) is 128 Å². The van der Waals surface area contributed by atoms with Gasteiger partial charge in [0.25, 0.3) is 0 Å². The molecule has 0 spiro atoms. The minimum absolute atomic E-state index is 0.0758. The van der Waals surface area contributed by atoms with E-state index < -0.39 is 6.10 Å². The van der Waals surface area contributed by atoms with Gasteiger partial charge in [0, 0.05) is 19.4 Å². The standard InChI is InChI=1S/C55H98O5/c1-4-7-10-13-16-19-22-25-26-27-28-29-30-32-33-36-39-42-45-48-54(56)59-52-53(51-58-50-47-44-41-38-35-24-21-18-15-12-9-6-3)60-55(57)49-46-43-40-37-34-31-23-20-17-14-11-8-5-2/h7,10,16,19-20,23,25-26,28-29,53H,4-6,8-9,11-15,17-18,21-22,24,27,30-52H2,1-3H3/b10-7-,19-16-,23-20-,26-25-,29-28-. The highest BCUT2D eigenvalue weighted by Crippen LogP contribution is 2.14. The van der Waals surface area contributed by atoms with Gasteiger partial charge in [-0.2, -0.15) is 0 Å². The van der Waals surface area contributed by atoms with Crippen LogP contribution in [0.25, 0.3) is 0 Å². The number of hydrogen-bond donors (Lipinski definition) is 0. The SMILES string of the molecule is CC/C=C\C/C=C\C/C=C\C/C=C\CCCCCCCCC(=O)OCC(COCCCCCCCCCCCCCC)OC(=O)CCCCCCC/C=C\CCCCCC. The fourth-order valence-corrected chi connectivity index (χ4v) is 7.20. The maximum Gasteiger partial charge on any atom is 0.306 e. The fraction of sp³-hybridized carbons (Fsp3) is 0.782. The summed E-state index contributed by atoms with van der Waals surface area (Å²) < 4.78 is 17.4. The minimum atomic E-state index is -0.544. The van der Waals surface area contributed by atoms with E-state index in [0.29, 0.717) is 19.4 Å². The Bertz CT molecular complexity index is 1040. The first kappa shape index (κ1) is 57.6. The van der Waals surface area contributed by atoms with E-state index in [1.807, 2.05) is 0 Å². The Hall–Kier alpha value is -2.40. The molecule has 1 unspecified atom stereocenters. The summed E-state index contributed by atoms with van der Waals surface area (Å²) in [6, 6.07) is 0. The fourth-order valence-electron chi connectivity index (χ4n) is 7.20. The Kier molecular flexibility index (Phi) is 48.9. The molecule has 0 aromatic heterocycles. The highest BCUT2D eigenvalue weighted by Gasteiger charge is 2.17. The molecule has 0 bridgehead atoms. The molecule has 0 aliphatic carbocycles. The maximum atomic E-state index is 12.8. The van der Waals surface area contributed by atoms with Gasteiger partial charge >= 0.3 is 11.9 Å². The van der Waals surface area contributed by atoms with Crippen LogP contribution in [0.1, 0.15) is 252 Å². The molecule has 0 aromatic rings. The lowest BCUT2D eigenvalue weighted by Gasteiger charge is -2.18. The zero-order chi connectivity index (χ0) is 43.5. The Labute approximate surface area is 373 Å². The second-order valence-corrected chi connectivity index (χ2v) is 17.0. The molecule has 0 fully saturated rings. The molecule has 0 saturated heterocycles. The molecule has 348 valence electrons. The van der Waals surface area contributed by atoms with Crippen molar-refractivity contribution in [1.29, 1.82) is 0 Å². The van der Waals surface area contributed by atoms with E-state index in [1.54, 1.807) is 0 Å². The van der Waals surface area contributed by atoms with Gasteiger partial charge < -0.3 is 14.2 Å². The first-order valence-corrected chi connectivity index (χ1v) is 25.8. The smallest absolute Gasteiger partial charge is 0.306 e. The molecule has 0 heterocycles. The van der Waals surface area contributed by atoms with Crippen molar-refractivity contribution in [2.24, 2.45) is 0 Å². The summed E-state index contributed by atoms with van der Waals surface area (Å²) in [5.74, 6) is -0.416. The molecule has 0 aromatic carbocycles. The highest BCUT2D eigenvalue weighted by molar-refractivity contribution is 5.70. The van der Waals surface area contributed by atoms with E-state index in [2.05, 4.69) is 81.5 Å². The maximum absolute atomic E-state index is 12.8. The van der Waals surface area contributed by atoms with E-state index in [-0.39, 0.29) is 25.2 Å². The molecule has 0 rings (SSSR count).